The molecule has 2 rings (SSSR count). The lowest BCUT2D eigenvalue weighted by molar-refractivity contribution is -0.137. The van der Waals surface area contributed by atoms with Gasteiger partial charge >= 0.3 is 6.18 Å². The molecule has 0 aliphatic heterocycles. The van der Waals surface area contributed by atoms with Crippen LogP contribution in [0.3, 0.4) is 0 Å². The Kier molecular flexibility index (Phi) is 3.71. The van der Waals surface area contributed by atoms with Gasteiger partial charge in [-0.15, -0.1) is 0 Å². The van der Waals surface area contributed by atoms with Crippen molar-refractivity contribution in [2.75, 3.05) is 0 Å². The standard InChI is InChI=1S/C13H11F3N2O/c14-13(15,16)10-5-6-18-12(7-10)19-11-3-1-9(8-17)2-4-11/h1-7H,8,17H2. The van der Waals surface area contributed by atoms with Crippen molar-refractivity contribution in [2.45, 2.75) is 12.7 Å². The number of pyridine rings is 1. The van der Waals surface area contributed by atoms with Gasteiger partial charge in [0.15, 0.2) is 0 Å². The van der Waals surface area contributed by atoms with E-state index >= 15 is 0 Å². The molecule has 0 unspecified atom stereocenters. The summed E-state index contributed by atoms with van der Waals surface area (Å²) in [5.74, 6) is 0.305. The Labute approximate surface area is 107 Å². The summed E-state index contributed by atoms with van der Waals surface area (Å²) in [7, 11) is 0. The molecule has 1 aromatic heterocycles. The maximum atomic E-state index is 12.5. The largest absolute Gasteiger partial charge is 0.439 e. The zero-order valence-corrected chi connectivity index (χ0v) is 9.82. The molecule has 1 heterocycles. The molecule has 0 fully saturated rings. The molecular formula is C13H11F3N2O. The highest BCUT2D eigenvalue weighted by Gasteiger charge is 2.30. The molecule has 2 N–H and O–H groups in total. The number of nitrogens with two attached hydrogens (primary N) is 1. The van der Waals surface area contributed by atoms with E-state index in [0.29, 0.717) is 12.3 Å². The second-order valence-electron chi connectivity index (χ2n) is 3.83. The Morgan fingerprint density at radius 1 is 1.11 bits per heavy atom. The summed E-state index contributed by atoms with van der Waals surface area (Å²) < 4.78 is 42.8. The molecule has 100 valence electrons. The Hall–Kier alpha value is -2.08. The van der Waals surface area contributed by atoms with Gasteiger partial charge in [-0.25, -0.2) is 4.98 Å². The summed E-state index contributed by atoms with van der Waals surface area (Å²) in [5, 5.41) is 0. The number of ether oxygens (including phenoxy) is 1. The molecule has 0 radical (unpaired) electrons. The van der Waals surface area contributed by atoms with Crippen LogP contribution in [0.1, 0.15) is 11.1 Å². The van der Waals surface area contributed by atoms with Crippen molar-refractivity contribution in [1.29, 1.82) is 0 Å². The minimum Gasteiger partial charge on any atom is -0.439 e. The molecule has 1 aromatic carbocycles. The topological polar surface area (TPSA) is 48.1 Å². The molecule has 6 heteroatoms. The van der Waals surface area contributed by atoms with Crippen LogP contribution in [0.15, 0.2) is 42.6 Å². The number of halogens is 3. The summed E-state index contributed by atoms with van der Waals surface area (Å²) in [6.07, 6.45) is -3.35. The van der Waals surface area contributed by atoms with Crippen molar-refractivity contribution in [3.8, 4) is 11.6 Å². The van der Waals surface area contributed by atoms with Gasteiger partial charge < -0.3 is 10.5 Å². The molecule has 0 atom stereocenters. The van der Waals surface area contributed by atoms with Gasteiger partial charge in [-0.05, 0) is 23.8 Å². The van der Waals surface area contributed by atoms with Crippen molar-refractivity contribution >= 4 is 0 Å². The molecule has 0 aliphatic rings. The van der Waals surface area contributed by atoms with Gasteiger partial charge in [0, 0.05) is 18.8 Å². The highest BCUT2D eigenvalue weighted by atomic mass is 19.4. The Balaban J connectivity index is 2.18. The number of rotatable bonds is 3. The average molecular weight is 268 g/mol. The predicted octanol–water partition coefficient (Wildman–Crippen LogP) is 3.35. The first kappa shape index (κ1) is 13.4. The third kappa shape index (κ3) is 3.45. The van der Waals surface area contributed by atoms with Crippen molar-refractivity contribution in [1.82, 2.24) is 4.98 Å². The van der Waals surface area contributed by atoms with Crippen LogP contribution in [-0.4, -0.2) is 4.98 Å². The van der Waals surface area contributed by atoms with Crippen molar-refractivity contribution in [3.05, 3.63) is 53.7 Å². The molecule has 3 nitrogen and oxygen atoms in total. The van der Waals surface area contributed by atoms with Crippen LogP contribution in [0.4, 0.5) is 13.2 Å². The number of hydrogen-bond acceptors (Lipinski definition) is 3. The number of nitrogens with zero attached hydrogens (tertiary/aromatic N) is 1. The summed E-state index contributed by atoms with van der Waals surface area (Å²) in [6, 6.07) is 8.49. The molecule has 0 amide bonds. The summed E-state index contributed by atoms with van der Waals surface area (Å²) >= 11 is 0. The molecule has 0 spiro atoms. The van der Waals surface area contributed by atoms with E-state index in [1.165, 1.54) is 0 Å². The zero-order chi connectivity index (χ0) is 13.9. The minimum absolute atomic E-state index is 0.102. The summed E-state index contributed by atoms with van der Waals surface area (Å²) in [4.78, 5) is 3.74. The van der Waals surface area contributed by atoms with Gasteiger partial charge in [0.1, 0.15) is 5.75 Å². The maximum Gasteiger partial charge on any atom is 0.416 e. The highest BCUT2D eigenvalue weighted by molar-refractivity contribution is 5.32. The third-order valence-corrected chi connectivity index (χ3v) is 2.44. The van der Waals surface area contributed by atoms with E-state index in [4.69, 9.17) is 10.5 Å². The van der Waals surface area contributed by atoms with Gasteiger partial charge in [0.25, 0.3) is 0 Å². The second-order valence-corrected chi connectivity index (χ2v) is 3.83. The molecule has 0 saturated heterocycles. The zero-order valence-electron chi connectivity index (χ0n) is 9.82. The minimum atomic E-state index is -4.41. The van der Waals surface area contributed by atoms with E-state index in [2.05, 4.69) is 4.98 Å². The fraction of sp³-hybridized carbons (Fsp3) is 0.154. The van der Waals surface area contributed by atoms with Crippen LogP contribution in [0, 0.1) is 0 Å². The van der Waals surface area contributed by atoms with E-state index in [1.54, 1.807) is 24.3 Å². The van der Waals surface area contributed by atoms with E-state index in [1.807, 2.05) is 0 Å². The van der Waals surface area contributed by atoms with E-state index < -0.39 is 11.7 Å². The first-order valence-corrected chi connectivity index (χ1v) is 5.49. The van der Waals surface area contributed by atoms with Gasteiger partial charge in [-0.2, -0.15) is 13.2 Å². The number of alkyl halides is 3. The predicted molar refractivity (Wildman–Crippen MR) is 63.6 cm³/mol. The van der Waals surface area contributed by atoms with Crippen molar-refractivity contribution < 1.29 is 17.9 Å². The van der Waals surface area contributed by atoms with Gasteiger partial charge in [0.05, 0.1) is 5.56 Å². The molecule has 2 aromatic rings. The van der Waals surface area contributed by atoms with E-state index in [9.17, 15) is 13.2 Å². The average Bonchev–Trinajstić information content (AvgIpc) is 2.39. The van der Waals surface area contributed by atoms with E-state index in [0.717, 1.165) is 23.9 Å². The molecule has 0 aliphatic carbocycles. The van der Waals surface area contributed by atoms with E-state index in [-0.39, 0.29) is 5.88 Å². The second kappa shape index (κ2) is 5.27. The van der Waals surface area contributed by atoms with Crippen LogP contribution >= 0.6 is 0 Å². The monoisotopic (exact) mass is 268 g/mol. The van der Waals surface area contributed by atoms with Gasteiger partial charge in [0.2, 0.25) is 5.88 Å². The SMILES string of the molecule is NCc1ccc(Oc2cc(C(F)(F)F)ccn2)cc1. The summed E-state index contributed by atoms with van der Waals surface area (Å²) in [6.45, 7) is 0.391. The molecule has 0 bridgehead atoms. The smallest absolute Gasteiger partial charge is 0.416 e. The molecule has 0 saturated carbocycles. The lowest BCUT2D eigenvalue weighted by atomic mass is 10.2. The summed E-state index contributed by atoms with van der Waals surface area (Å²) in [5.41, 5.74) is 5.55. The maximum absolute atomic E-state index is 12.5. The first-order chi connectivity index (χ1) is 8.99. The van der Waals surface area contributed by atoms with Crippen LogP contribution in [-0.2, 0) is 12.7 Å². The molecule has 19 heavy (non-hydrogen) atoms. The van der Waals surface area contributed by atoms with Crippen molar-refractivity contribution in [2.24, 2.45) is 5.73 Å². The van der Waals surface area contributed by atoms with Crippen molar-refractivity contribution in [3.63, 3.8) is 0 Å². The first-order valence-electron chi connectivity index (χ1n) is 5.49. The Morgan fingerprint density at radius 2 is 1.79 bits per heavy atom. The van der Waals surface area contributed by atoms with Crippen LogP contribution in [0.5, 0.6) is 11.6 Å². The lowest BCUT2D eigenvalue weighted by Gasteiger charge is -2.09. The Morgan fingerprint density at radius 3 is 2.37 bits per heavy atom. The third-order valence-electron chi connectivity index (χ3n) is 2.44. The van der Waals surface area contributed by atoms with Crippen LogP contribution < -0.4 is 10.5 Å². The quantitative estimate of drug-likeness (QED) is 0.928. The lowest BCUT2D eigenvalue weighted by Crippen LogP contribution is -2.05. The van der Waals surface area contributed by atoms with Gasteiger partial charge in [-0.3, -0.25) is 0 Å². The molecular weight excluding hydrogens is 257 g/mol. The highest BCUT2D eigenvalue weighted by Crippen LogP contribution is 2.31. The van der Waals surface area contributed by atoms with Gasteiger partial charge in [-0.1, -0.05) is 12.1 Å². The fourth-order valence-corrected chi connectivity index (χ4v) is 1.46. The number of aromatic nitrogens is 1. The Bertz CT molecular complexity index is 553. The number of hydrogen-bond donors (Lipinski definition) is 1. The van der Waals surface area contributed by atoms with Crippen LogP contribution in [0.25, 0.3) is 0 Å². The normalized spacial score (nSPS) is 11.4. The van der Waals surface area contributed by atoms with Crippen LogP contribution in [0.2, 0.25) is 0 Å². The number of benzene rings is 1. The fourth-order valence-electron chi connectivity index (χ4n) is 1.46.